The first-order valence-electron chi connectivity index (χ1n) is 7.24. The van der Waals surface area contributed by atoms with Gasteiger partial charge in [0.2, 0.25) is 6.41 Å². The number of para-hydroxylation sites is 3. The molecule has 0 aliphatic carbocycles. The predicted molar refractivity (Wildman–Crippen MR) is 99.7 cm³/mol. The van der Waals surface area contributed by atoms with Gasteiger partial charge in [0.05, 0.1) is 6.57 Å². The molecule has 0 radical (unpaired) electrons. The average molecular weight is 317 g/mol. The second-order valence-corrected chi connectivity index (χ2v) is 4.49. The molecule has 3 rings (SSSR count). The quantitative estimate of drug-likeness (QED) is 0.406. The Kier molecular flexibility index (Phi) is 9.24. The molecule has 0 unspecified atom stereocenters. The number of nitrogens with zero attached hydrogens (tertiary/aromatic N) is 1. The van der Waals surface area contributed by atoms with Gasteiger partial charge in [-0.3, -0.25) is 4.79 Å². The number of carbonyl (C=O) groups is 1. The Hall–Kier alpha value is -3.58. The lowest BCUT2D eigenvalue weighted by molar-refractivity contribution is -0.105. The Morgan fingerprint density at radius 1 is 0.792 bits per heavy atom. The van der Waals surface area contributed by atoms with Crippen molar-refractivity contribution in [3.63, 3.8) is 0 Å². The summed E-state index contributed by atoms with van der Waals surface area (Å²) in [6, 6.07) is 28.0. The normalized spacial score (nSPS) is 8.29. The molecular weight excluding hydrogens is 298 g/mol. The summed E-state index contributed by atoms with van der Waals surface area (Å²) < 4.78 is 0. The van der Waals surface area contributed by atoms with Gasteiger partial charge in [0.25, 0.3) is 0 Å². The van der Waals surface area contributed by atoms with E-state index in [0.717, 1.165) is 11.4 Å². The molecule has 0 spiro atoms. The molecule has 0 saturated carbocycles. The standard InChI is InChI=1S/C7H7NO.C7H5N.C6H7N/c9-6-8-7-4-2-1-3-5-7;1-8-7-5-3-2-4-6-7;7-6-4-2-1-3-5-6/h1-6H,(H,8,9);2-6H;1-5H,7H2. The first-order valence-corrected chi connectivity index (χ1v) is 7.24. The van der Waals surface area contributed by atoms with Gasteiger partial charge in [-0.2, -0.15) is 0 Å². The predicted octanol–water partition coefficient (Wildman–Crippen LogP) is 4.76. The topological polar surface area (TPSA) is 59.5 Å². The highest BCUT2D eigenvalue weighted by Gasteiger charge is 1.82. The van der Waals surface area contributed by atoms with Crippen LogP contribution in [0.25, 0.3) is 4.85 Å². The van der Waals surface area contributed by atoms with E-state index in [2.05, 4.69) is 10.2 Å². The molecule has 3 N–H and O–H groups in total. The maximum absolute atomic E-state index is 9.86. The van der Waals surface area contributed by atoms with Crippen molar-refractivity contribution in [3.8, 4) is 0 Å². The Labute approximate surface area is 142 Å². The Morgan fingerprint density at radius 3 is 1.58 bits per heavy atom. The molecule has 0 saturated heterocycles. The monoisotopic (exact) mass is 317 g/mol. The van der Waals surface area contributed by atoms with Crippen LogP contribution in [0.1, 0.15) is 0 Å². The molecule has 120 valence electrons. The van der Waals surface area contributed by atoms with Gasteiger partial charge >= 0.3 is 0 Å². The molecule has 0 aliphatic heterocycles. The number of carbonyl (C=O) groups excluding carboxylic acids is 1. The zero-order valence-electron chi connectivity index (χ0n) is 13.2. The molecule has 3 aromatic rings. The van der Waals surface area contributed by atoms with E-state index in [1.54, 1.807) is 12.1 Å². The van der Waals surface area contributed by atoms with Gasteiger partial charge in [-0.1, -0.05) is 66.7 Å². The summed E-state index contributed by atoms with van der Waals surface area (Å²) in [5, 5.41) is 2.53. The summed E-state index contributed by atoms with van der Waals surface area (Å²) in [7, 11) is 0. The third kappa shape index (κ3) is 8.65. The molecular formula is C20H19N3O. The number of amides is 1. The van der Waals surface area contributed by atoms with Crippen LogP contribution in [0.4, 0.5) is 17.1 Å². The Bertz CT molecular complexity index is 723. The summed E-state index contributed by atoms with van der Waals surface area (Å²) in [5.41, 5.74) is 7.71. The minimum absolute atomic E-state index is 0.662. The van der Waals surface area contributed by atoms with E-state index in [1.165, 1.54) is 0 Å². The average Bonchev–Trinajstić information content (AvgIpc) is 2.65. The van der Waals surface area contributed by atoms with Crippen LogP contribution in [-0.2, 0) is 4.79 Å². The van der Waals surface area contributed by atoms with Gasteiger partial charge in [-0.05, 0) is 24.3 Å². The lowest BCUT2D eigenvalue weighted by Gasteiger charge is -1.93. The molecule has 3 aromatic carbocycles. The van der Waals surface area contributed by atoms with Gasteiger partial charge in [0, 0.05) is 11.4 Å². The smallest absolute Gasteiger partial charge is 0.211 e. The van der Waals surface area contributed by atoms with E-state index < -0.39 is 0 Å². The number of anilines is 2. The number of benzene rings is 3. The maximum atomic E-state index is 9.86. The molecule has 0 atom stereocenters. The minimum Gasteiger partial charge on any atom is -0.399 e. The van der Waals surface area contributed by atoms with E-state index in [9.17, 15) is 4.79 Å². The lowest BCUT2D eigenvalue weighted by Crippen LogP contribution is -1.91. The summed E-state index contributed by atoms with van der Waals surface area (Å²) in [6.45, 7) is 6.57. The second-order valence-electron chi connectivity index (χ2n) is 4.49. The van der Waals surface area contributed by atoms with Gasteiger partial charge in [0.15, 0.2) is 5.69 Å². The zero-order chi connectivity index (χ0) is 17.5. The summed E-state index contributed by atoms with van der Waals surface area (Å²) in [5.74, 6) is 0. The van der Waals surface area contributed by atoms with Crippen molar-refractivity contribution in [2.45, 2.75) is 0 Å². The molecule has 4 nitrogen and oxygen atoms in total. The van der Waals surface area contributed by atoms with Gasteiger partial charge < -0.3 is 11.1 Å². The van der Waals surface area contributed by atoms with Crippen molar-refractivity contribution < 1.29 is 4.79 Å². The van der Waals surface area contributed by atoms with Crippen molar-refractivity contribution in [1.82, 2.24) is 0 Å². The highest BCUT2D eigenvalue weighted by molar-refractivity contribution is 5.70. The highest BCUT2D eigenvalue weighted by Crippen LogP contribution is 2.07. The number of hydrogen-bond acceptors (Lipinski definition) is 2. The number of nitrogens with two attached hydrogens (primary N) is 1. The Balaban J connectivity index is 0.000000181. The largest absolute Gasteiger partial charge is 0.399 e. The molecule has 0 aromatic heterocycles. The molecule has 0 bridgehead atoms. The van der Waals surface area contributed by atoms with Crippen molar-refractivity contribution in [2.75, 3.05) is 11.1 Å². The summed E-state index contributed by atoms with van der Waals surface area (Å²) >= 11 is 0. The second kappa shape index (κ2) is 12.0. The van der Waals surface area contributed by atoms with Crippen molar-refractivity contribution in [2.24, 2.45) is 0 Å². The summed E-state index contributed by atoms with van der Waals surface area (Å²) in [4.78, 5) is 13.1. The molecule has 1 amide bonds. The lowest BCUT2D eigenvalue weighted by atomic mass is 10.3. The van der Waals surface area contributed by atoms with E-state index in [1.807, 2.05) is 78.9 Å². The maximum Gasteiger partial charge on any atom is 0.211 e. The van der Waals surface area contributed by atoms with Crippen molar-refractivity contribution in [1.29, 1.82) is 0 Å². The number of nitrogens with one attached hydrogen (secondary N) is 1. The van der Waals surface area contributed by atoms with Crippen LogP contribution in [-0.4, -0.2) is 6.41 Å². The van der Waals surface area contributed by atoms with Crippen molar-refractivity contribution >= 4 is 23.5 Å². The number of hydrogen-bond donors (Lipinski definition) is 2. The zero-order valence-corrected chi connectivity index (χ0v) is 13.2. The van der Waals surface area contributed by atoms with Gasteiger partial charge in [-0.25, -0.2) is 4.85 Å². The fraction of sp³-hybridized carbons (Fsp3) is 0. The SMILES string of the molecule is Nc1ccccc1.O=CNc1ccccc1.[C-]#[N+]c1ccccc1. The number of nitrogen functional groups attached to an aromatic ring is 1. The van der Waals surface area contributed by atoms with Crippen LogP contribution in [0.2, 0.25) is 0 Å². The third-order valence-electron chi connectivity index (χ3n) is 2.68. The molecule has 4 heteroatoms. The minimum atomic E-state index is 0.662. The van der Waals surface area contributed by atoms with Crippen LogP contribution < -0.4 is 11.1 Å². The van der Waals surface area contributed by atoms with Crippen LogP contribution >= 0.6 is 0 Å². The third-order valence-corrected chi connectivity index (χ3v) is 2.68. The first-order chi connectivity index (χ1) is 11.8. The highest BCUT2D eigenvalue weighted by atomic mass is 16.1. The van der Waals surface area contributed by atoms with E-state index in [0.29, 0.717) is 12.1 Å². The first kappa shape index (κ1) is 18.5. The Morgan fingerprint density at radius 2 is 1.25 bits per heavy atom. The van der Waals surface area contributed by atoms with E-state index in [4.69, 9.17) is 12.3 Å². The molecule has 0 fully saturated rings. The van der Waals surface area contributed by atoms with Crippen LogP contribution in [0.15, 0.2) is 91.0 Å². The van der Waals surface area contributed by atoms with Crippen molar-refractivity contribution in [3.05, 3.63) is 102 Å². The van der Waals surface area contributed by atoms with Crippen LogP contribution in [0, 0.1) is 6.57 Å². The molecule has 0 aliphatic rings. The summed E-state index contributed by atoms with van der Waals surface area (Å²) in [6.07, 6.45) is 0.662. The van der Waals surface area contributed by atoms with Gasteiger partial charge in [-0.15, -0.1) is 0 Å². The van der Waals surface area contributed by atoms with E-state index >= 15 is 0 Å². The molecule has 0 heterocycles. The fourth-order valence-electron chi connectivity index (χ4n) is 1.56. The fourth-order valence-corrected chi connectivity index (χ4v) is 1.56. The van der Waals surface area contributed by atoms with E-state index in [-0.39, 0.29) is 0 Å². The van der Waals surface area contributed by atoms with Gasteiger partial charge in [0.1, 0.15) is 0 Å². The number of rotatable bonds is 2. The van der Waals surface area contributed by atoms with Crippen LogP contribution in [0.3, 0.4) is 0 Å². The molecule has 24 heavy (non-hydrogen) atoms. The van der Waals surface area contributed by atoms with Crippen LogP contribution in [0.5, 0.6) is 0 Å².